The molecule has 4 fully saturated rings. The van der Waals surface area contributed by atoms with Gasteiger partial charge in [-0.15, -0.1) is 0 Å². The minimum absolute atomic E-state index is 0.00885. The van der Waals surface area contributed by atoms with Crippen LogP contribution in [0.1, 0.15) is 57.0 Å². The van der Waals surface area contributed by atoms with Gasteiger partial charge in [0.1, 0.15) is 12.1 Å². The summed E-state index contributed by atoms with van der Waals surface area (Å²) in [5.74, 6) is 1.50. The van der Waals surface area contributed by atoms with Gasteiger partial charge < -0.3 is 14.1 Å². The van der Waals surface area contributed by atoms with E-state index in [0.29, 0.717) is 36.1 Å². The average molecular weight is 345 g/mol. The molecule has 0 spiro atoms. The molecule has 1 aromatic rings. The maximum Gasteiger partial charge on any atom is 0.329 e. The van der Waals surface area contributed by atoms with Gasteiger partial charge in [-0.05, 0) is 61.0 Å². The Labute approximate surface area is 148 Å². The fourth-order valence-corrected chi connectivity index (χ4v) is 5.28. The molecule has 1 aromatic heterocycles. The van der Waals surface area contributed by atoms with Gasteiger partial charge in [0.2, 0.25) is 0 Å². The highest BCUT2D eigenvalue weighted by Crippen LogP contribution is 2.61. The molecule has 4 aliphatic rings. The summed E-state index contributed by atoms with van der Waals surface area (Å²) in [5.41, 5.74) is 0.372. The van der Waals surface area contributed by atoms with Crippen LogP contribution in [0.3, 0.4) is 0 Å². The third kappa shape index (κ3) is 2.59. The molecule has 1 amide bonds. The first-order valence-electron chi connectivity index (χ1n) is 9.44. The molecular weight excluding hydrogens is 318 g/mol. The topological polar surface area (TPSA) is 59.8 Å². The highest BCUT2D eigenvalue weighted by molar-refractivity contribution is 5.95. The van der Waals surface area contributed by atoms with Crippen molar-refractivity contribution in [3.05, 3.63) is 24.2 Å². The van der Waals surface area contributed by atoms with E-state index in [1.807, 2.05) is 0 Å². The number of carbonyl (C=O) groups excluding carboxylic acids is 2. The van der Waals surface area contributed by atoms with Crippen molar-refractivity contribution in [2.45, 2.75) is 58.6 Å². The van der Waals surface area contributed by atoms with Crippen molar-refractivity contribution in [3.63, 3.8) is 0 Å². The van der Waals surface area contributed by atoms with Crippen LogP contribution in [-0.2, 0) is 9.53 Å². The predicted molar refractivity (Wildman–Crippen MR) is 91.8 cm³/mol. The van der Waals surface area contributed by atoms with Crippen molar-refractivity contribution >= 4 is 11.9 Å². The van der Waals surface area contributed by atoms with Gasteiger partial charge in [0, 0.05) is 6.54 Å². The second-order valence-corrected chi connectivity index (χ2v) is 8.56. The van der Waals surface area contributed by atoms with Crippen LogP contribution in [0, 0.1) is 23.2 Å². The van der Waals surface area contributed by atoms with Crippen molar-refractivity contribution < 1.29 is 18.7 Å². The number of amides is 1. The molecule has 3 saturated carbocycles. The Hall–Kier alpha value is -1.78. The van der Waals surface area contributed by atoms with Crippen LogP contribution in [0.25, 0.3) is 0 Å². The highest BCUT2D eigenvalue weighted by atomic mass is 16.5. The number of nitrogens with zero attached hydrogens (tertiary/aromatic N) is 1. The Bertz CT molecular complexity index is 665. The number of ether oxygens (including phenoxy) is 1. The van der Waals surface area contributed by atoms with E-state index in [2.05, 4.69) is 20.8 Å². The van der Waals surface area contributed by atoms with Crippen molar-refractivity contribution in [2.24, 2.45) is 23.2 Å². The third-order valence-electron chi connectivity index (χ3n) is 7.07. The van der Waals surface area contributed by atoms with Crippen LogP contribution < -0.4 is 0 Å². The van der Waals surface area contributed by atoms with Crippen LogP contribution in [0.2, 0.25) is 0 Å². The molecule has 1 saturated heterocycles. The van der Waals surface area contributed by atoms with E-state index >= 15 is 0 Å². The average Bonchev–Trinajstić information content (AvgIpc) is 3.27. The van der Waals surface area contributed by atoms with Gasteiger partial charge in [0.05, 0.1) is 6.26 Å². The number of rotatable bonds is 3. The van der Waals surface area contributed by atoms with Gasteiger partial charge in [-0.2, -0.15) is 0 Å². The molecule has 0 aromatic carbocycles. The quantitative estimate of drug-likeness (QED) is 0.787. The number of furan rings is 1. The standard InChI is InChI=1S/C20H27NO4/c1-12-14-10-13(20(14,2)3)11-17(12)25-19(23)15-6-4-8-21(15)18(22)16-7-5-9-24-16/h5,7,9,12-15,17H,4,6,8,10-11H2,1-3H3/t12-,13-,14-,15+,17+/m1/s1. The Morgan fingerprint density at radius 1 is 1.32 bits per heavy atom. The highest BCUT2D eigenvalue weighted by Gasteiger charge is 2.57. The van der Waals surface area contributed by atoms with Gasteiger partial charge in [0.15, 0.2) is 5.76 Å². The van der Waals surface area contributed by atoms with Gasteiger partial charge in [-0.3, -0.25) is 4.79 Å². The summed E-state index contributed by atoms with van der Waals surface area (Å²) < 4.78 is 11.1. The Morgan fingerprint density at radius 3 is 2.76 bits per heavy atom. The Morgan fingerprint density at radius 2 is 2.12 bits per heavy atom. The number of carbonyl (C=O) groups is 2. The zero-order valence-electron chi connectivity index (χ0n) is 15.2. The Kier molecular flexibility index (Phi) is 3.93. The molecule has 25 heavy (non-hydrogen) atoms. The van der Waals surface area contributed by atoms with E-state index in [1.54, 1.807) is 17.0 Å². The monoisotopic (exact) mass is 345 g/mol. The van der Waals surface area contributed by atoms with Crippen LogP contribution in [-0.4, -0.2) is 35.5 Å². The van der Waals surface area contributed by atoms with Gasteiger partial charge in [-0.1, -0.05) is 20.8 Å². The van der Waals surface area contributed by atoms with E-state index in [-0.39, 0.29) is 23.7 Å². The molecule has 5 atom stereocenters. The van der Waals surface area contributed by atoms with Gasteiger partial charge >= 0.3 is 5.97 Å². The minimum Gasteiger partial charge on any atom is -0.461 e. The van der Waals surface area contributed by atoms with E-state index in [4.69, 9.17) is 9.15 Å². The lowest BCUT2D eigenvalue weighted by Gasteiger charge is -2.61. The number of hydrogen-bond acceptors (Lipinski definition) is 4. The number of esters is 1. The van der Waals surface area contributed by atoms with Crippen LogP contribution in [0.4, 0.5) is 0 Å². The maximum atomic E-state index is 12.8. The Balaban J connectivity index is 1.42. The van der Waals surface area contributed by atoms with Crippen molar-refractivity contribution in [1.29, 1.82) is 0 Å². The summed E-state index contributed by atoms with van der Waals surface area (Å²) >= 11 is 0. The van der Waals surface area contributed by atoms with E-state index in [0.717, 1.165) is 12.8 Å². The summed E-state index contributed by atoms with van der Waals surface area (Å²) in [6.07, 6.45) is 5.18. The molecule has 136 valence electrons. The first-order chi connectivity index (χ1) is 11.9. The number of fused-ring (bicyclic) bond motifs is 2. The third-order valence-corrected chi connectivity index (χ3v) is 7.07. The van der Waals surface area contributed by atoms with E-state index < -0.39 is 6.04 Å². The summed E-state index contributed by atoms with van der Waals surface area (Å²) in [5, 5.41) is 0. The molecule has 2 bridgehead atoms. The predicted octanol–water partition coefficient (Wildman–Crippen LogP) is 3.50. The molecule has 2 heterocycles. The summed E-state index contributed by atoms with van der Waals surface area (Å²) in [6, 6.07) is 2.85. The van der Waals surface area contributed by atoms with Gasteiger partial charge in [-0.25, -0.2) is 4.79 Å². The molecule has 0 N–H and O–H groups in total. The van der Waals surface area contributed by atoms with Crippen molar-refractivity contribution in [1.82, 2.24) is 4.90 Å². The molecular formula is C20H27NO4. The summed E-state index contributed by atoms with van der Waals surface area (Å²) in [6.45, 7) is 7.46. The molecule has 5 rings (SSSR count). The second-order valence-electron chi connectivity index (χ2n) is 8.56. The molecule has 5 nitrogen and oxygen atoms in total. The van der Waals surface area contributed by atoms with E-state index in [9.17, 15) is 9.59 Å². The molecule has 5 heteroatoms. The summed E-state index contributed by atoms with van der Waals surface area (Å²) in [7, 11) is 0. The zero-order chi connectivity index (χ0) is 17.8. The minimum atomic E-state index is -0.476. The lowest BCUT2D eigenvalue weighted by Crippen LogP contribution is -2.58. The van der Waals surface area contributed by atoms with Crippen molar-refractivity contribution in [2.75, 3.05) is 6.54 Å². The lowest BCUT2D eigenvalue weighted by molar-refractivity contribution is -0.189. The molecule has 0 unspecified atom stereocenters. The largest absolute Gasteiger partial charge is 0.461 e. The number of hydrogen-bond donors (Lipinski definition) is 0. The molecule has 3 aliphatic carbocycles. The van der Waals surface area contributed by atoms with Crippen LogP contribution in [0.5, 0.6) is 0 Å². The molecule has 0 radical (unpaired) electrons. The first kappa shape index (κ1) is 16.7. The number of likely N-dealkylation sites (tertiary alicyclic amines) is 1. The van der Waals surface area contributed by atoms with E-state index in [1.165, 1.54) is 12.7 Å². The van der Waals surface area contributed by atoms with Crippen LogP contribution >= 0.6 is 0 Å². The van der Waals surface area contributed by atoms with Crippen molar-refractivity contribution in [3.8, 4) is 0 Å². The summed E-state index contributed by atoms with van der Waals surface area (Å²) in [4.78, 5) is 26.9. The fraction of sp³-hybridized carbons (Fsp3) is 0.700. The maximum absolute atomic E-state index is 12.8. The smallest absolute Gasteiger partial charge is 0.329 e. The van der Waals surface area contributed by atoms with Crippen LogP contribution in [0.15, 0.2) is 22.8 Å². The zero-order valence-corrected chi connectivity index (χ0v) is 15.2. The fourth-order valence-electron chi connectivity index (χ4n) is 5.28. The second kappa shape index (κ2) is 5.89. The molecule has 1 aliphatic heterocycles. The van der Waals surface area contributed by atoms with Gasteiger partial charge in [0.25, 0.3) is 5.91 Å². The lowest BCUT2D eigenvalue weighted by atomic mass is 9.45. The normalized spacial score (nSPS) is 36.0. The first-order valence-corrected chi connectivity index (χ1v) is 9.44. The SMILES string of the molecule is C[C@H]1[C@@H](OC(=O)[C@@H]2CCCN2C(=O)c2ccco2)C[C@H]2C[C@H]1C2(C)C.